The number of carboxylic acids is 1. The number of carbonyl (C=O) groups is 1. The second kappa shape index (κ2) is 5.32. The summed E-state index contributed by atoms with van der Waals surface area (Å²) < 4.78 is 0.893. The quantitative estimate of drug-likeness (QED) is 0.893. The molecule has 2 aliphatic rings. The summed E-state index contributed by atoms with van der Waals surface area (Å²) in [4.78, 5) is 13.9. The van der Waals surface area contributed by atoms with Gasteiger partial charge < -0.3 is 5.11 Å². The monoisotopic (exact) mass is 357 g/mol. The van der Waals surface area contributed by atoms with Crippen molar-refractivity contribution in [2.24, 2.45) is 11.3 Å². The molecule has 1 saturated carbocycles. The summed E-state index contributed by atoms with van der Waals surface area (Å²) in [6.45, 7) is 2.36. The van der Waals surface area contributed by atoms with Gasteiger partial charge in [-0.1, -0.05) is 24.1 Å². The first-order valence-electron chi connectivity index (χ1n) is 6.91. The predicted molar refractivity (Wildman–Crippen MR) is 81.8 cm³/mol. The summed E-state index contributed by atoms with van der Waals surface area (Å²) in [5.41, 5.74) is 0.672. The first-order chi connectivity index (χ1) is 9.51. The lowest BCUT2D eigenvalue weighted by Gasteiger charge is -2.23. The van der Waals surface area contributed by atoms with Gasteiger partial charge in [0, 0.05) is 24.1 Å². The molecule has 0 spiro atoms. The van der Waals surface area contributed by atoms with Crippen LogP contribution in [-0.4, -0.2) is 29.1 Å². The van der Waals surface area contributed by atoms with Gasteiger partial charge in [0.05, 0.1) is 10.4 Å². The molecule has 2 fully saturated rings. The maximum Gasteiger partial charge on any atom is 0.311 e. The molecule has 1 aliphatic heterocycles. The van der Waals surface area contributed by atoms with E-state index in [0.29, 0.717) is 17.5 Å². The van der Waals surface area contributed by atoms with E-state index in [-0.39, 0.29) is 0 Å². The van der Waals surface area contributed by atoms with Crippen molar-refractivity contribution in [1.29, 1.82) is 0 Å². The third-order valence-corrected chi connectivity index (χ3v) is 5.97. The average molecular weight is 359 g/mol. The van der Waals surface area contributed by atoms with Crippen molar-refractivity contribution < 1.29 is 9.90 Å². The minimum absolute atomic E-state index is 0.316. The van der Waals surface area contributed by atoms with Gasteiger partial charge in [0.15, 0.2) is 0 Å². The molecule has 20 heavy (non-hydrogen) atoms. The SMILES string of the molecule is O=C(O)[C@@]12CCC[C@H]1CN(Cc1ccc(Cl)c(Br)c1)C2. The Morgan fingerprint density at radius 2 is 2.35 bits per heavy atom. The van der Waals surface area contributed by atoms with E-state index in [2.05, 4.69) is 20.8 Å². The minimum atomic E-state index is -0.611. The fourth-order valence-corrected chi connectivity index (χ4v) is 4.30. The summed E-state index contributed by atoms with van der Waals surface area (Å²) in [6, 6.07) is 5.91. The zero-order chi connectivity index (χ0) is 14.3. The van der Waals surface area contributed by atoms with Crippen LogP contribution >= 0.6 is 27.5 Å². The molecule has 0 radical (unpaired) electrons. The molecule has 1 aromatic rings. The number of rotatable bonds is 3. The molecule has 3 rings (SSSR count). The van der Waals surface area contributed by atoms with Crippen LogP contribution in [0.3, 0.4) is 0 Å². The Kier molecular flexibility index (Phi) is 3.82. The topological polar surface area (TPSA) is 40.5 Å². The number of benzene rings is 1. The Morgan fingerprint density at radius 1 is 1.55 bits per heavy atom. The second-order valence-electron chi connectivity index (χ2n) is 5.97. The van der Waals surface area contributed by atoms with Crippen LogP contribution in [0.15, 0.2) is 22.7 Å². The van der Waals surface area contributed by atoms with Gasteiger partial charge in [-0.3, -0.25) is 9.69 Å². The van der Waals surface area contributed by atoms with Crippen LogP contribution in [0, 0.1) is 11.3 Å². The van der Waals surface area contributed by atoms with E-state index in [1.54, 1.807) is 0 Å². The summed E-state index contributed by atoms with van der Waals surface area (Å²) in [5.74, 6) is -0.296. The van der Waals surface area contributed by atoms with Gasteiger partial charge in [-0.05, 0) is 52.4 Å². The normalized spacial score (nSPS) is 29.6. The van der Waals surface area contributed by atoms with Crippen molar-refractivity contribution >= 4 is 33.5 Å². The number of likely N-dealkylation sites (tertiary alicyclic amines) is 1. The Balaban J connectivity index is 1.74. The molecule has 2 atom stereocenters. The first kappa shape index (κ1) is 14.4. The fraction of sp³-hybridized carbons (Fsp3) is 0.533. The summed E-state index contributed by atoms with van der Waals surface area (Å²) in [6.07, 6.45) is 2.93. The van der Waals surface area contributed by atoms with E-state index in [9.17, 15) is 9.90 Å². The van der Waals surface area contributed by atoms with Crippen molar-refractivity contribution in [3.05, 3.63) is 33.3 Å². The number of hydrogen-bond acceptors (Lipinski definition) is 2. The van der Waals surface area contributed by atoms with E-state index in [1.165, 1.54) is 5.56 Å². The number of nitrogens with zero attached hydrogens (tertiary/aromatic N) is 1. The lowest BCUT2D eigenvalue weighted by Crippen LogP contribution is -2.35. The molecule has 3 nitrogen and oxygen atoms in total. The Morgan fingerprint density at radius 3 is 3.00 bits per heavy atom. The van der Waals surface area contributed by atoms with Gasteiger partial charge in [0.2, 0.25) is 0 Å². The van der Waals surface area contributed by atoms with Crippen molar-refractivity contribution in [3.8, 4) is 0 Å². The summed E-state index contributed by atoms with van der Waals surface area (Å²) >= 11 is 9.43. The number of halogens is 2. The smallest absolute Gasteiger partial charge is 0.311 e. The van der Waals surface area contributed by atoms with Crippen molar-refractivity contribution in [2.45, 2.75) is 25.8 Å². The predicted octanol–water partition coefficient (Wildman–Crippen LogP) is 3.79. The molecule has 0 unspecified atom stereocenters. The molecule has 5 heteroatoms. The van der Waals surface area contributed by atoms with Crippen LogP contribution in [-0.2, 0) is 11.3 Å². The Bertz CT molecular complexity index is 551. The van der Waals surface area contributed by atoms with E-state index < -0.39 is 11.4 Å². The molecule has 0 aromatic heterocycles. The van der Waals surface area contributed by atoms with Crippen LogP contribution < -0.4 is 0 Å². The standard InChI is InChI=1S/C15H17BrClNO2/c16-12-6-10(3-4-13(12)17)7-18-8-11-2-1-5-15(11,9-18)14(19)20/h3-4,6,11H,1-2,5,7-9H2,(H,19,20)/t11-,15+/m0/s1. The molecule has 0 bridgehead atoms. The first-order valence-corrected chi connectivity index (χ1v) is 8.08. The van der Waals surface area contributed by atoms with Crippen molar-refractivity contribution in [2.75, 3.05) is 13.1 Å². The number of fused-ring (bicyclic) bond motifs is 1. The number of aliphatic carboxylic acids is 1. The summed E-state index contributed by atoms with van der Waals surface area (Å²) in [7, 11) is 0. The number of carboxylic acid groups (broad SMARTS) is 1. The van der Waals surface area contributed by atoms with E-state index in [0.717, 1.165) is 36.8 Å². The highest BCUT2D eigenvalue weighted by atomic mass is 79.9. The van der Waals surface area contributed by atoms with Crippen molar-refractivity contribution in [3.63, 3.8) is 0 Å². The van der Waals surface area contributed by atoms with Gasteiger partial charge in [0.25, 0.3) is 0 Å². The molecular weight excluding hydrogens is 342 g/mol. The van der Waals surface area contributed by atoms with E-state index in [4.69, 9.17) is 11.6 Å². The average Bonchev–Trinajstić information content (AvgIpc) is 2.91. The van der Waals surface area contributed by atoms with Crippen LogP contribution in [0.1, 0.15) is 24.8 Å². The van der Waals surface area contributed by atoms with Crippen molar-refractivity contribution in [1.82, 2.24) is 4.90 Å². The molecular formula is C15H17BrClNO2. The molecule has 1 saturated heterocycles. The fourth-order valence-electron chi connectivity index (χ4n) is 3.76. The highest BCUT2D eigenvalue weighted by Crippen LogP contribution is 2.49. The molecule has 1 N–H and O–H groups in total. The molecule has 0 amide bonds. The minimum Gasteiger partial charge on any atom is -0.481 e. The zero-order valence-corrected chi connectivity index (χ0v) is 13.5. The zero-order valence-electron chi connectivity index (χ0n) is 11.1. The third-order valence-electron chi connectivity index (χ3n) is 4.76. The lowest BCUT2D eigenvalue weighted by molar-refractivity contribution is -0.149. The number of hydrogen-bond donors (Lipinski definition) is 1. The molecule has 1 aliphatic carbocycles. The highest BCUT2D eigenvalue weighted by Gasteiger charge is 2.54. The Labute approximate surface area is 132 Å². The van der Waals surface area contributed by atoms with Crippen LogP contribution in [0.25, 0.3) is 0 Å². The van der Waals surface area contributed by atoms with Gasteiger partial charge in [-0.15, -0.1) is 0 Å². The van der Waals surface area contributed by atoms with Gasteiger partial charge in [-0.25, -0.2) is 0 Å². The largest absolute Gasteiger partial charge is 0.481 e. The second-order valence-corrected chi connectivity index (χ2v) is 7.23. The van der Waals surface area contributed by atoms with Crippen LogP contribution in [0.5, 0.6) is 0 Å². The van der Waals surface area contributed by atoms with E-state index >= 15 is 0 Å². The maximum absolute atomic E-state index is 11.7. The van der Waals surface area contributed by atoms with Crippen LogP contribution in [0.4, 0.5) is 0 Å². The van der Waals surface area contributed by atoms with Gasteiger partial charge in [-0.2, -0.15) is 0 Å². The van der Waals surface area contributed by atoms with Crippen LogP contribution in [0.2, 0.25) is 5.02 Å². The highest BCUT2D eigenvalue weighted by molar-refractivity contribution is 9.10. The lowest BCUT2D eigenvalue weighted by atomic mass is 9.81. The molecule has 1 aromatic carbocycles. The third kappa shape index (κ3) is 2.38. The Hall–Kier alpha value is -0.580. The van der Waals surface area contributed by atoms with Gasteiger partial charge >= 0.3 is 5.97 Å². The van der Waals surface area contributed by atoms with E-state index in [1.807, 2.05) is 18.2 Å². The van der Waals surface area contributed by atoms with Gasteiger partial charge in [0.1, 0.15) is 0 Å². The maximum atomic E-state index is 11.7. The molecule has 108 valence electrons. The molecule has 1 heterocycles. The summed E-state index contributed by atoms with van der Waals surface area (Å²) in [5, 5.41) is 10.3.